The van der Waals surface area contributed by atoms with E-state index in [1.54, 1.807) is 0 Å². The lowest BCUT2D eigenvalue weighted by Gasteiger charge is -2.21. The van der Waals surface area contributed by atoms with E-state index in [0.717, 1.165) is 22.3 Å². The molecule has 3 rings (SSSR count). The average Bonchev–Trinajstić information content (AvgIpc) is 2.90. The molecule has 0 aliphatic carbocycles. The summed E-state index contributed by atoms with van der Waals surface area (Å²) in [7, 11) is 1.46. The first-order chi connectivity index (χ1) is 18.1. The lowest BCUT2D eigenvalue weighted by Crippen LogP contribution is -2.18. The fourth-order valence-electron chi connectivity index (χ4n) is 4.51. The van der Waals surface area contributed by atoms with Crippen LogP contribution in [0.1, 0.15) is 72.1 Å². The summed E-state index contributed by atoms with van der Waals surface area (Å²) in [6.45, 7) is 13.3. The average molecular weight is 517 g/mol. The number of carbonyl (C=O) groups excluding carboxylic acids is 2. The number of esters is 2. The monoisotopic (exact) mass is 516 g/mol. The van der Waals surface area contributed by atoms with Crippen molar-refractivity contribution in [2.45, 2.75) is 55.1 Å². The fraction of sp³-hybridized carbons (Fsp3) is 0.312. The zero-order chi connectivity index (χ0) is 28.0. The van der Waals surface area contributed by atoms with Crippen molar-refractivity contribution in [3.63, 3.8) is 0 Å². The van der Waals surface area contributed by atoms with Crippen molar-refractivity contribution in [3.05, 3.63) is 98.1 Å². The highest BCUT2D eigenvalue weighted by atomic mass is 16.7. The number of ether oxygens (including phenoxy) is 4. The van der Waals surface area contributed by atoms with Gasteiger partial charge in [0.1, 0.15) is 18.1 Å². The molecular weight excluding hydrogens is 480 g/mol. The maximum atomic E-state index is 13.7. The Balaban J connectivity index is 1.99. The molecular formula is C32H36O6. The summed E-state index contributed by atoms with van der Waals surface area (Å²) in [6, 6.07) is 11.8. The predicted octanol–water partition coefficient (Wildman–Crippen LogP) is 7.13. The van der Waals surface area contributed by atoms with E-state index in [-0.39, 0.29) is 6.79 Å². The second kappa shape index (κ2) is 12.6. The number of hydrogen-bond acceptors (Lipinski definition) is 6. The van der Waals surface area contributed by atoms with Crippen LogP contribution in [0.3, 0.4) is 0 Å². The molecule has 0 atom stereocenters. The van der Waals surface area contributed by atoms with Crippen LogP contribution in [0.4, 0.5) is 0 Å². The van der Waals surface area contributed by atoms with Crippen LogP contribution in [0.15, 0.2) is 42.5 Å². The van der Waals surface area contributed by atoms with Crippen molar-refractivity contribution in [1.29, 1.82) is 0 Å². The summed E-state index contributed by atoms with van der Waals surface area (Å²) in [6.07, 6.45) is 3.80. The molecule has 3 aromatic rings. The molecule has 0 aliphatic rings. The van der Waals surface area contributed by atoms with Gasteiger partial charge in [0.2, 0.25) is 0 Å². The molecule has 200 valence electrons. The first-order valence-corrected chi connectivity index (χ1v) is 12.5. The van der Waals surface area contributed by atoms with Gasteiger partial charge in [-0.3, -0.25) is 0 Å². The third kappa shape index (κ3) is 5.97. The molecule has 0 radical (unpaired) electrons. The van der Waals surface area contributed by atoms with Gasteiger partial charge in [0.15, 0.2) is 6.79 Å². The van der Waals surface area contributed by atoms with Gasteiger partial charge >= 0.3 is 11.9 Å². The summed E-state index contributed by atoms with van der Waals surface area (Å²) < 4.78 is 22.2. The minimum absolute atomic E-state index is 0.135. The van der Waals surface area contributed by atoms with Crippen LogP contribution in [0.25, 0.3) is 6.08 Å². The van der Waals surface area contributed by atoms with Gasteiger partial charge in [-0.1, -0.05) is 42.5 Å². The molecule has 0 spiro atoms. The number of carbonyl (C=O) groups is 2. The van der Waals surface area contributed by atoms with E-state index in [0.29, 0.717) is 51.5 Å². The first kappa shape index (κ1) is 28.7. The number of aryl methyl sites for hydroxylation is 1. The van der Waals surface area contributed by atoms with Crippen LogP contribution in [-0.4, -0.2) is 25.8 Å². The van der Waals surface area contributed by atoms with Crippen molar-refractivity contribution in [3.8, 4) is 11.5 Å². The Labute approximate surface area is 225 Å². The van der Waals surface area contributed by atoms with Crippen LogP contribution in [0.2, 0.25) is 0 Å². The molecule has 3 aromatic carbocycles. The summed E-state index contributed by atoms with van der Waals surface area (Å²) >= 11 is 0. The molecule has 6 nitrogen and oxygen atoms in total. The van der Waals surface area contributed by atoms with Gasteiger partial charge in [0.05, 0.1) is 11.1 Å². The molecule has 0 saturated heterocycles. The molecule has 0 saturated carbocycles. The van der Waals surface area contributed by atoms with Gasteiger partial charge in [0.25, 0.3) is 0 Å². The number of hydrogen-bond donors (Lipinski definition) is 0. The lowest BCUT2D eigenvalue weighted by molar-refractivity contribution is -0.0126. The minimum atomic E-state index is -0.473. The predicted molar refractivity (Wildman–Crippen MR) is 149 cm³/mol. The highest BCUT2D eigenvalue weighted by Gasteiger charge is 2.26. The number of allylic oxidation sites excluding steroid dienone is 1. The van der Waals surface area contributed by atoms with E-state index >= 15 is 0 Å². The van der Waals surface area contributed by atoms with E-state index in [9.17, 15) is 9.59 Å². The van der Waals surface area contributed by atoms with Gasteiger partial charge in [-0.2, -0.15) is 0 Å². The maximum absolute atomic E-state index is 13.7. The number of methoxy groups -OCH3 is 1. The zero-order valence-electron chi connectivity index (χ0n) is 23.5. The van der Waals surface area contributed by atoms with E-state index in [4.69, 9.17) is 18.9 Å². The summed E-state index contributed by atoms with van der Waals surface area (Å²) in [4.78, 5) is 26.3. The SMILES string of the molecule is C/C=C/c1c(C)c(OCc2ccccc2)cc(C)c1C(=O)Oc1c(C)c(C)c(C(=O)OCOC)c(C)c1C. The standard InChI is InChI=1S/C32H36O6/c1-9-13-26-24(7)27(36-17-25-14-11-10-12-15-25)16-19(2)28(26)32(34)38-30-22(5)20(3)29(21(4)23(30)6)31(33)37-18-35-8/h9-16H,17-18H2,1-8H3/b13-9+. The highest BCUT2D eigenvalue weighted by Crippen LogP contribution is 2.35. The third-order valence-corrected chi connectivity index (χ3v) is 6.82. The molecule has 0 amide bonds. The van der Waals surface area contributed by atoms with Crippen LogP contribution in [0, 0.1) is 41.5 Å². The number of benzene rings is 3. The Morgan fingerprint density at radius 3 is 2.03 bits per heavy atom. The highest BCUT2D eigenvalue weighted by molar-refractivity contribution is 5.99. The summed E-state index contributed by atoms with van der Waals surface area (Å²) in [5.41, 5.74) is 7.16. The van der Waals surface area contributed by atoms with Crippen molar-refractivity contribution in [2.75, 3.05) is 13.9 Å². The Hall–Kier alpha value is -3.90. The molecule has 0 aliphatic heterocycles. The zero-order valence-corrected chi connectivity index (χ0v) is 23.5. The molecule has 0 unspecified atom stereocenters. The van der Waals surface area contributed by atoms with Gasteiger partial charge < -0.3 is 18.9 Å². The van der Waals surface area contributed by atoms with Crippen LogP contribution in [0.5, 0.6) is 11.5 Å². The normalized spacial score (nSPS) is 11.1. The minimum Gasteiger partial charge on any atom is -0.489 e. The smallest absolute Gasteiger partial charge is 0.344 e. The Kier molecular flexibility index (Phi) is 9.48. The molecule has 0 aromatic heterocycles. The molecule has 0 bridgehead atoms. The number of rotatable bonds is 9. The largest absolute Gasteiger partial charge is 0.489 e. The first-order valence-electron chi connectivity index (χ1n) is 12.5. The van der Waals surface area contributed by atoms with Crippen molar-refractivity contribution < 1.29 is 28.5 Å². The summed E-state index contributed by atoms with van der Waals surface area (Å²) in [5.74, 6) is 0.224. The van der Waals surface area contributed by atoms with Gasteiger partial charge in [0, 0.05) is 7.11 Å². The van der Waals surface area contributed by atoms with E-state index in [1.807, 2.05) is 97.0 Å². The molecule has 0 heterocycles. The quantitative estimate of drug-likeness (QED) is 0.171. The van der Waals surface area contributed by atoms with Crippen molar-refractivity contribution in [1.82, 2.24) is 0 Å². The fourth-order valence-corrected chi connectivity index (χ4v) is 4.51. The third-order valence-electron chi connectivity index (χ3n) is 6.82. The van der Waals surface area contributed by atoms with Crippen LogP contribution < -0.4 is 9.47 Å². The van der Waals surface area contributed by atoms with Gasteiger partial charge in [-0.25, -0.2) is 9.59 Å². The van der Waals surface area contributed by atoms with Gasteiger partial charge in [-0.15, -0.1) is 0 Å². The molecule has 6 heteroatoms. The van der Waals surface area contributed by atoms with Crippen LogP contribution >= 0.6 is 0 Å². The maximum Gasteiger partial charge on any atom is 0.344 e. The Morgan fingerprint density at radius 1 is 0.816 bits per heavy atom. The van der Waals surface area contributed by atoms with E-state index in [1.165, 1.54) is 7.11 Å². The molecule has 0 fully saturated rings. The van der Waals surface area contributed by atoms with Gasteiger partial charge in [-0.05, 0) is 99.0 Å². The second-order valence-corrected chi connectivity index (χ2v) is 9.31. The second-order valence-electron chi connectivity index (χ2n) is 9.31. The van der Waals surface area contributed by atoms with E-state index < -0.39 is 11.9 Å². The van der Waals surface area contributed by atoms with Crippen molar-refractivity contribution >= 4 is 18.0 Å². The lowest BCUT2D eigenvalue weighted by atomic mass is 9.92. The van der Waals surface area contributed by atoms with Crippen molar-refractivity contribution in [2.24, 2.45) is 0 Å². The summed E-state index contributed by atoms with van der Waals surface area (Å²) in [5, 5.41) is 0. The molecule has 38 heavy (non-hydrogen) atoms. The molecule has 0 N–H and O–H groups in total. The van der Waals surface area contributed by atoms with Crippen LogP contribution in [-0.2, 0) is 16.1 Å². The topological polar surface area (TPSA) is 71.1 Å². The van der Waals surface area contributed by atoms with E-state index in [2.05, 4.69) is 0 Å². The Bertz CT molecular complexity index is 1340. The Morgan fingerprint density at radius 2 is 1.45 bits per heavy atom.